The minimum Gasteiger partial charge on any atom is -0.456 e. The SMILES string of the molecule is Cc1cc(-c2ccc(C34CC5CC(CC(C5)C3)C4)cc2)cc2c1oc1ccc3ccccc3c12. The molecule has 0 aliphatic heterocycles. The first-order valence-electron chi connectivity index (χ1n) is 13.1. The molecule has 0 unspecified atom stereocenters. The third-order valence-corrected chi connectivity index (χ3v) is 9.52. The normalized spacial score (nSPS) is 27.9. The first-order valence-corrected chi connectivity index (χ1v) is 13.1. The first-order chi connectivity index (χ1) is 16.6. The Morgan fingerprint density at radius 1 is 0.706 bits per heavy atom. The molecule has 4 saturated carbocycles. The zero-order valence-electron chi connectivity index (χ0n) is 19.8. The van der Waals surface area contributed by atoms with Gasteiger partial charge in [0, 0.05) is 10.8 Å². The van der Waals surface area contributed by atoms with Crippen LogP contribution in [0, 0.1) is 24.7 Å². The highest BCUT2D eigenvalue weighted by Crippen LogP contribution is 2.60. The highest BCUT2D eigenvalue weighted by molar-refractivity contribution is 6.19. The zero-order chi connectivity index (χ0) is 22.4. The van der Waals surface area contributed by atoms with Crippen LogP contribution in [0.1, 0.15) is 49.7 Å². The summed E-state index contributed by atoms with van der Waals surface area (Å²) >= 11 is 0. The molecule has 0 atom stereocenters. The third kappa shape index (κ3) is 2.67. The van der Waals surface area contributed by atoms with Gasteiger partial charge in [0.15, 0.2) is 0 Å². The summed E-state index contributed by atoms with van der Waals surface area (Å²) in [6, 6.07) is 27.3. The molecule has 0 spiro atoms. The van der Waals surface area contributed by atoms with Crippen molar-refractivity contribution >= 4 is 32.7 Å². The van der Waals surface area contributed by atoms with Crippen LogP contribution in [0.25, 0.3) is 43.8 Å². The van der Waals surface area contributed by atoms with Crippen molar-refractivity contribution in [2.24, 2.45) is 17.8 Å². The van der Waals surface area contributed by atoms with E-state index < -0.39 is 0 Å². The van der Waals surface area contributed by atoms with Crippen molar-refractivity contribution in [1.82, 2.24) is 0 Å². The van der Waals surface area contributed by atoms with E-state index in [-0.39, 0.29) is 0 Å². The maximum atomic E-state index is 6.34. The monoisotopic (exact) mass is 442 g/mol. The smallest absolute Gasteiger partial charge is 0.138 e. The van der Waals surface area contributed by atoms with Crippen molar-refractivity contribution < 1.29 is 4.42 Å². The van der Waals surface area contributed by atoms with E-state index >= 15 is 0 Å². The Hall–Kier alpha value is -3.06. The van der Waals surface area contributed by atoms with Gasteiger partial charge in [-0.2, -0.15) is 0 Å². The molecule has 168 valence electrons. The summed E-state index contributed by atoms with van der Waals surface area (Å²) in [6.07, 6.45) is 8.80. The molecule has 0 saturated heterocycles. The van der Waals surface area contributed by atoms with E-state index in [0.29, 0.717) is 5.41 Å². The Morgan fingerprint density at radius 3 is 2.15 bits per heavy atom. The van der Waals surface area contributed by atoms with Crippen molar-refractivity contribution in [3.05, 3.63) is 83.9 Å². The summed E-state index contributed by atoms with van der Waals surface area (Å²) < 4.78 is 6.34. The third-order valence-electron chi connectivity index (χ3n) is 9.52. The molecule has 4 fully saturated rings. The Morgan fingerprint density at radius 2 is 1.41 bits per heavy atom. The minimum atomic E-state index is 0.465. The van der Waals surface area contributed by atoms with Gasteiger partial charge in [-0.15, -0.1) is 0 Å². The fraction of sp³-hybridized carbons (Fsp3) is 0.333. The Balaban J connectivity index is 1.24. The van der Waals surface area contributed by atoms with Gasteiger partial charge < -0.3 is 4.42 Å². The van der Waals surface area contributed by atoms with E-state index in [9.17, 15) is 0 Å². The maximum absolute atomic E-state index is 6.34. The van der Waals surface area contributed by atoms with Crippen LogP contribution in [0.15, 0.2) is 77.2 Å². The second-order valence-electron chi connectivity index (χ2n) is 11.7. The molecule has 4 aliphatic carbocycles. The second kappa shape index (κ2) is 6.75. The molecule has 5 aromatic rings. The Labute approximate surface area is 200 Å². The van der Waals surface area contributed by atoms with Crippen LogP contribution >= 0.6 is 0 Å². The summed E-state index contributed by atoms with van der Waals surface area (Å²) in [4.78, 5) is 0. The number of aryl methyl sites for hydroxylation is 1. The molecule has 4 aliphatic rings. The van der Waals surface area contributed by atoms with E-state index in [4.69, 9.17) is 4.42 Å². The fourth-order valence-corrected chi connectivity index (χ4v) is 8.47. The molecule has 1 aromatic heterocycles. The second-order valence-corrected chi connectivity index (χ2v) is 11.7. The molecular formula is C33H30O. The van der Waals surface area contributed by atoms with Crippen molar-refractivity contribution in [2.75, 3.05) is 0 Å². The van der Waals surface area contributed by atoms with Crippen LogP contribution in [-0.4, -0.2) is 0 Å². The van der Waals surface area contributed by atoms with E-state index in [1.165, 1.54) is 76.8 Å². The van der Waals surface area contributed by atoms with E-state index in [1.54, 1.807) is 5.56 Å². The number of rotatable bonds is 2. The molecule has 0 amide bonds. The molecule has 0 radical (unpaired) electrons. The van der Waals surface area contributed by atoms with Crippen LogP contribution in [-0.2, 0) is 5.41 Å². The minimum absolute atomic E-state index is 0.465. The van der Waals surface area contributed by atoms with E-state index in [0.717, 1.165) is 28.9 Å². The summed E-state index contributed by atoms with van der Waals surface area (Å²) in [5.41, 5.74) is 7.87. The van der Waals surface area contributed by atoms with Crippen molar-refractivity contribution in [3.63, 3.8) is 0 Å². The predicted molar refractivity (Wildman–Crippen MR) is 141 cm³/mol. The summed E-state index contributed by atoms with van der Waals surface area (Å²) in [6.45, 7) is 2.18. The molecular weight excluding hydrogens is 412 g/mol. The Kier molecular flexibility index (Phi) is 3.83. The fourth-order valence-electron chi connectivity index (χ4n) is 8.47. The number of fused-ring (bicyclic) bond motifs is 5. The van der Waals surface area contributed by atoms with Crippen molar-refractivity contribution in [3.8, 4) is 11.1 Å². The number of hydrogen-bond donors (Lipinski definition) is 0. The average molecular weight is 443 g/mol. The zero-order valence-corrected chi connectivity index (χ0v) is 19.8. The standard InChI is InChI=1S/C33H30O/c1-20-12-26(16-29-31-28-5-3-2-4-25(28)8-11-30(31)34-32(20)29)24-6-9-27(10-7-24)33-17-21-13-22(18-33)15-23(14-21)19-33/h2-12,16,21-23H,13-15,17-19H2,1H3. The van der Waals surface area contributed by atoms with E-state index in [1.807, 2.05) is 0 Å². The lowest BCUT2D eigenvalue weighted by Gasteiger charge is -2.57. The van der Waals surface area contributed by atoms with Gasteiger partial charge in [-0.25, -0.2) is 0 Å². The number of benzene rings is 4. The van der Waals surface area contributed by atoms with Gasteiger partial charge in [0.2, 0.25) is 0 Å². The molecule has 4 bridgehead atoms. The average Bonchev–Trinajstić information content (AvgIpc) is 3.23. The largest absolute Gasteiger partial charge is 0.456 e. The van der Waals surface area contributed by atoms with Crippen LogP contribution in [0.3, 0.4) is 0 Å². The number of furan rings is 1. The predicted octanol–water partition coefficient (Wildman–Crippen LogP) is 9.18. The van der Waals surface area contributed by atoms with Gasteiger partial charge in [-0.3, -0.25) is 0 Å². The Bertz CT molecular complexity index is 1550. The summed E-state index contributed by atoms with van der Waals surface area (Å²) in [5, 5.41) is 5.00. The van der Waals surface area contributed by atoms with Crippen LogP contribution < -0.4 is 0 Å². The topological polar surface area (TPSA) is 13.1 Å². The van der Waals surface area contributed by atoms with Gasteiger partial charge in [0.25, 0.3) is 0 Å². The number of hydrogen-bond acceptors (Lipinski definition) is 1. The molecule has 1 nitrogen and oxygen atoms in total. The quantitative estimate of drug-likeness (QED) is 0.265. The summed E-state index contributed by atoms with van der Waals surface area (Å²) in [7, 11) is 0. The molecule has 1 heterocycles. The lowest BCUT2D eigenvalue weighted by atomic mass is 9.48. The van der Waals surface area contributed by atoms with Crippen LogP contribution in [0.4, 0.5) is 0 Å². The highest BCUT2D eigenvalue weighted by Gasteiger charge is 2.51. The van der Waals surface area contributed by atoms with E-state index in [2.05, 4.69) is 79.7 Å². The first kappa shape index (κ1) is 19.3. The highest BCUT2D eigenvalue weighted by atomic mass is 16.3. The van der Waals surface area contributed by atoms with Gasteiger partial charge in [0.1, 0.15) is 11.2 Å². The van der Waals surface area contributed by atoms with Gasteiger partial charge >= 0.3 is 0 Å². The lowest BCUT2D eigenvalue weighted by Crippen LogP contribution is -2.48. The van der Waals surface area contributed by atoms with Crippen LogP contribution in [0.2, 0.25) is 0 Å². The van der Waals surface area contributed by atoms with Crippen molar-refractivity contribution in [2.45, 2.75) is 50.9 Å². The molecule has 1 heteroatoms. The summed E-state index contributed by atoms with van der Waals surface area (Å²) in [5.74, 6) is 2.96. The van der Waals surface area contributed by atoms with Crippen LogP contribution in [0.5, 0.6) is 0 Å². The maximum Gasteiger partial charge on any atom is 0.138 e. The van der Waals surface area contributed by atoms with Gasteiger partial charge in [-0.1, -0.05) is 54.6 Å². The van der Waals surface area contributed by atoms with Gasteiger partial charge in [0.05, 0.1) is 0 Å². The lowest BCUT2D eigenvalue weighted by molar-refractivity contribution is -0.00518. The van der Waals surface area contributed by atoms with Gasteiger partial charge in [-0.05, 0) is 120 Å². The van der Waals surface area contributed by atoms with Crippen molar-refractivity contribution in [1.29, 1.82) is 0 Å². The molecule has 4 aromatic carbocycles. The molecule has 34 heavy (non-hydrogen) atoms. The molecule has 9 rings (SSSR count). The molecule has 0 N–H and O–H groups in total.